The molecule has 3 rings (SSSR count). The van der Waals surface area contributed by atoms with Crippen LogP contribution in [-0.2, 0) is 27.5 Å². The van der Waals surface area contributed by atoms with E-state index in [9.17, 15) is 26.4 Å². The Morgan fingerprint density at radius 1 is 1.15 bits per heavy atom. The van der Waals surface area contributed by atoms with Gasteiger partial charge in [-0.15, -0.1) is 0 Å². The van der Waals surface area contributed by atoms with E-state index in [2.05, 4.69) is 15.0 Å². The number of piperidine rings is 1. The van der Waals surface area contributed by atoms with Crippen LogP contribution in [-0.4, -0.2) is 38.7 Å². The number of carbonyl (C=O) groups excluding carboxylic acids is 1. The lowest BCUT2D eigenvalue weighted by atomic mass is 10.1. The average molecular weight is 497 g/mol. The Morgan fingerprint density at radius 3 is 2.47 bits per heavy atom. The molecule has 34 heavy (non-hydrogen) atoms. The number of alkyl halides is 3. The van der Waals surface area contributed by atoms with E-state index in [0.717, 1.165) is 37.1 Å². The summed E-state index contributed by atoms with van der Waals surface area (Å²) in [4.78, 5) is 18.0. The van der Waals surface area contributed by atoms with E-state index >= 15 is 0 Å². The fourth-order valence-corrected chi connectivity index (χ4v) is 4.30. The van der Waals surface area contributed by atoms with Crippen molar-refractivity contribution in [3.8, 4) is 0 Å². The number of sulfonamides is 1. The molecule has 1 amide bonds. The minimum absolute atomic E-state index is 0.202. The molecule has 11 heteroatoms. The van der Waals surface area contributed by atoms with E-state index in [-0.39, 0.29) is 12.4 Å². The monoisotopic (exact) mass is 496 g/mol. The average Bonchev–Trinajstić information content (AvgIpc) is 2.77. The van der Waals surface area contributed by atoms with Crippen molar-refractivity contribution < 1.29 is 26.4 Å². The van der Waals surface area contributed by atoms with Crippen molar-refractivity contribution in [3.05, 3.63) is 58.8 Å². The van der Waals surface area contributed by atoms with Crippen molar-refractivity contribution in [2.75, 3.05) is 29.0 Å². The second kappa shape index (κ2) is 10.5. The molecule has 2 heterocycles. The summed E-state index contributed by atoms with van der Waals surface area (Å²) in [6.07, 6.45) is 2.03. The fourth-order valence-electron chi connectivity index (χ4n) is 3.67. The number of hydrogen-bond acceptors (Lipinski definition) is 5. The molecule has 0 unspecified atom stereocenters. The van der Waals surface area contributed by atoms with E-state index in [1.54, 1.807) is 25.1 Å². The molecule has 184 valence electrons. The molecule has 0 radical (unpaired) electrons. The van der Waals surface area contributed by atoms with Gasteiger partial charge in [0, 0.05) is 31.3 Å². The molecule has 1 aliphatic rings. The van der Waals surface area contributed by atoms with Gasteiger partial charge in [0.05, 0.1) is 11.9 Å². The number of halogens is 3. The summed E-state index contributed by atoms with van der Waals surface area (Å²) in [6.45, 7) is 3.18. The molecule has 0 saturated carbocycles. The molecule has 7 nitrogen and oxygen atoms in total. The zero-order chi connectivity index (χ0) is 24.9. The van der Waals surface area contributed by atoms with Gasteiger partial charge in [0.2, 0.25) is 15.9 Å². The number of hydrogen-bond donors (Lipinski definition) is 2. The molecule has 1 saturated heterocycles. The zero-order valence-electron chi connectivity index (χ0n) is 18.9. The minimum Gasteiger partial charge on any atom is -0.356 e. The number of carbonyl (C=O) groups is 1. The van der Waals surface area contributed by atoms with Gasteiger partial charge >= 0.3 is 6.18 Å². The SMILES string of the molecule is Cc1cc(CNC(=O)/C=C/c2ccc(C(F)(F)F)nc2N2CCCCC2)ccc1NS(C)(=O)=O. The van der Waals surface area contributed by atoms with E-state index in [1.165, 1.54) is 18.2 Å². The fraction of sp³-hybridized carbons (Fsp3) is 0.391. The van der Waals surface area contributed by atoms with E-state index in [1.807, 2.05) is 4.90 Å². The van der Waals surface area contributed by atoms with Gasteiger partial charge in [-0.1, -0.05) is 12.1 Å². The molecule has 1 aromatic carbocycles. The van der Waals surface area contributed by atoms with E-state index in [4.69, 9.17) is 0 Å². The van der Waals surface area contributed by atoms with Crippen molar-refractivity contribution >= 4 is 33.5 Å². The third-order valence-electron chi connectivity index (χ3n) is 5.32. The molecular weight excluding hydrogens is 469 g/mol. The predicted molar refractivity (Wildman–Crippen MR) is 126 cm³/mol. The van der Waals surface area contributed by atoms with Crippen molar-refractivity contribution in [2.45, 2.75) is 38.9 Å². The Morgan fingerprint density at radius 2 is 1.85 bits per heavy atom. The first kappa shape index (κ1) is 25.5. The van der Waals surface area contributed by atoms with Crippen LogP contribution in [0.2, 0.25) is 0 Å². The third kappa shape index (κ3) is 7.21. The van der Waals surface area contributed by atoms with Crippen molar-refractivity contribution in [1.29, 1.82) is 0 Å². The Bertz CT molecular complexity index is 1170. The highest BCUT2D eigenvalue weighted by Crippen LogP contribution is 2.32. The van der Waals surface area contributed by atoms with Crippen LogP contribution in [0.1, 0.15) is 41.6 Å². The molecular formula is C23H27F3N4O3S. The van der Waals surface area contributed by atoms with Gasteiger partial charge in [-0.05, 0) is 61.6 Å². The molecule has 2 N–H and O–H groups in total. The van der Waals surface area contributed by atoms with Gasteiger partial charge in [0.15, 0.2) is 0 Å². The maximum Gasteiger partial charge on any atom is 0.433 e. The summed E-state index contributed by atoms with van der Waals surface area (Å²) in [5, 5.41) is 2.72. The molecule has 0 atom stereocenters. The number of rotatable bonds is 7. The third-order valence-corrected chi connectivity index (χ3v) is 5.91. The first-order chi connectivity index (χ1) is 15.9. The normalized spacial score (nSPS) is 14.9. The second-order valence-electron chi connectivity index (χ2n) is 8.23. The predicted octanol–water partition coefficient (Wildman–Crippen LogP) is 4.10. The van der Waals surface area contributed by atoms with Crippen LogP contribution in [0.5, 0.6) is 0 Å². The molecule has 0 spiro atoms. The highest BCUT2D eigenvalue weighted by atomic mass is 32.2. The molecule has 0 bridgehead atoms. The smallest absolute Gasteiger partial charge is 0.356 e. The van der Waals surface area contributed by atoms with E-state index in [0.29, 0.717) is 29.9 Å². The lowest BCUT2D eigenvalue weighted by Gasteiger charge is -2.29. The summed E-state index contributed by atoms with van der Waals surface area (Å²) in [6, 6.07) is 7.32. The number of amides is 1. The number of pyridine rings is 1. The lowest BCUT2D eigenvalue weighted by Crippen LogP contribution is -2.31. The highest BCUT2D eigenvalue weighted by molar-refractivity contribution is 7.92. The van der Waals surface area contributed by atoms with Crippen LogP contribution < -0.4 is 14.9 Å². The number of aromatic nitrogens is 1. The number of benzene rings is 1. The van der Waals surface area contributed by atoms with E-state index < -0.39 is 27.8 Å². The lowest BCUT2D eigenvalue weighted by molar-refractivity contribution is -0.141. The molecule has 2 aromatic rings. The van der Waals surface area contributed by atoms with Gasteiger partial charge in [-0.3, -0.25) is 9.52 Å². The number of aryl methyl sites for hydroxylation is 1. The topological polar surface area (TPSA) is 91.4 Å². The Balaban J connectivity index is 1.70. The molecule has 1 aliphatic heterocycles. The number of nitrogens with one attached hydrogen (secondary N) is 2. The summed E-state index contributed by atoms with van der Waals surface area (Å²) in [5.74, 6) is -0.191. The van der Waals surface area contributed by atoms with Crippen LogP contribution in [0.4, 0.5) is 24.7 Å². The summed E-state index contributed by atoms with van der Waals surface area (Å²) in [7, 11) is -3.39. The summed E-state index contributed by atoms with van der Waals surface area (Å²) < 4.78 is 64.7. The quantitative estimate of drug-likeness (QED) is 0.564. The number of anilines is 2. The van der Waals surface area contributed by atoms with Crippen LogP contribution in [0.25, 0.3) is 6.08 Å². The first-order valence-corrected chi connectivity index (χ1v) is 12.7. The Labute approximate surface area is 197 Å². The van der Waals surface area contributed by atoms with Gasteiger partial charge in [0.1, 0.15) is 11.5 Å². The van der Waals surface area contributed by atoms with Crippen LogP contribution >= 0.6 is 0 Å². The minimum atomic E-state index is -4.55. The maximum absolute atomic E-state index is 13.2. The summed E-state index contributed by atoms with van der Waals surface area (Å²) in [5.41, 5.74) is 1.41. The van der Waals surface area contributed by atoms with Crippen LogP contribution in [0, 0.1) is 6.92 Å². The van der Waals surface area contributed by atoms with Crippen LogP contribution in [0.3, 0.4) is 0 Å². The highest BCUT2D eigenvalue weighted by Gasteiger charge is 2.33. The van der Waals surface area contributed by atoms with Gasteiger partial charge in [-0.2, -0.15) is 13.2 Å². The standard InChI is InChI=1S/C23H27F3N4O3S/c1-16-14-17(6-9-19(16)29-34(2,32)33)15-27-21(31)11-8-18-7-10-20(23(24,25)26)28-22(18)30-12-4-3-5-13-30/h6-11,14,29H,3-5,12-13,15H2,1-2H3,(H,27,31)/b11-8+. The first-order valence-electron chi connectivity index (χ1n) is 10.8. The Hall–Kier alpha value is -3.08. The molecule has 1 aromatic heterocycles. The van der Waals surface area contributed by atoms with Gasteiger partial charge < -0.3 is 10.2 Å². The van der Waals surface area contributed by atoms with Crippen LogP contribution in [0.15, 0.2) is 36.4 Å². The zero-order valence-corrected chi connectivity index (χ0v) is 19.8. The maximum atomic E-state index is 13.2. The second-order valence-corrected chi connectivity index (χ2v) is 9.98. The van der Waals surface area contributed by atoms with Crippen molar-refractivity contribution in [3.63, 3.8) is 0 Å². The van der Waals surface area contributed by atoms with Crippen molar-refractivity contribution in [1.82, 2.24) is 10.3 Å². The Kier molecular flexibility index (Phi) is 7.86. The van der Waals surface area contributed by atoms with Gasteiger partial charge in [0.25, 0.3) is 0 Å². The molecule has 1 fully saturated rings. The van der Waals surface area contributed by atoms with Crippen molar-refractivity contribution in [2.24, 2.45) is 0 Å². The van der Waals surface area contributed by atoms with Gasteiger partial charge in [-0.25, -0.2) is 13.4 Å². The number of nitrogens with zero attached hydrogens (tertiary/aromatic N) is 2. The molecule has 0 aliphatic carbocycles. The largest absolute Gasteiger partial charge is 0.433 e. The summed E-state index contributed by atoms with van der Waals surface area (Å²) >= 11 is 0.